The number of benzene rings is 1. The Morgan fingerprint density at radius 2 is 2.05 bits per heavy atom. The quantitative estimate of drug-likeness (QED) is 0.221. The number of hydrogen-bond acceptors (Lipinski definition) is 4. The zero-order valence-electron chi connectivity index (χ0n) is 10.4. The SMILES string of the molecule is CCOC(=O)C(=O)C=C([O-])c1cc(F)cc(Br)c1.[Li+]. The third-order valence-electron chi connectivity index (χ3n) is 1.89. The molecule has 0 saturated heterocycles. The average molecular weight is 323 g/mol. The molecular formula is C12H9BrFLiO4. The van der Waals surface area contributed by atoms with Gasteiger partial charge in [-0.2, -0.15) is 0 Å². The van der Waals surface area contributed by atoms with Gasteiger partial charge in [-0.15, -0.1) is 0 Å². The van der Waals surface area contributed by atoms with Crippen LogP contribution in [-0.2, 0) is 14.3 Å². The molecule has 0 heterocycles. The summed E-state index contributed by atoms with van der Waals surface area (Å²) in [5.74, 6) is -3.55. The van der Waals surface area contributed by atoms with E-state index in [4.69, 9.17) is 0 Å². The molecule has 0 atom stereocenters. The summed E-state index contributed by atoms with van der Waals surface area (Å²) in [6.45, 7) is 1.58. The van der Waals surface area contributed by atoms with Gasteiger partial charge >= 0.3 is 24.8 Å². The molecule has 1 aromatic rings. The van der Waals surface area contributed by atoms with E-state index >= 15 is 0 Å². The number of rotatable bonds is 4. The minimum absolute atomic E-state index is 0. The molecule has 0 fully saturated rings. The van der Waals surface area contributed by atoms with Gasteiger partial charge < -0.3 is 9.84 Å². The molecule has 4 nitrogen and oxygen atoms in total. The van der Waals surface area contributed by atoms with Crippen LogP contribution in [0.3, 0.4) is 0 Å². The maximum Gasteiger partial charge on any atom is 1.00 e. The molecule has 19 heavy (non-hydrogen) atoms. The second-order valence-electron chi connectivity index (χ2n) is 3.25. The average Bonchev–Trinajstić information content (AvgIpc) is 2.27. The summed E-state index contributed by atoms with van der Waals surface area (Å²) >= 11 is 3.02. The molecule has 96 valence electrons. The number of carbonyl (C=O) groups is 2. The smallest absolute Gasteiger partial charge is 0.872 e. The van der Waals surface area contributed by atoms with E-state index in [2.05, 4.69) is 20.7 Å². The van der Waals surface area contributed by atoms with Crippen molar-refractivity contribution in [3.63, 3.8) is 0 Å². The summed E-state index contributed by atoms with van der Waals surface area (Å²) in [4.78, 5) is 22.2. The Hall–Kier alpha value is -1.09. The van der Waals surface area contributed by atoms with Crippen molar-refractivity contribution in [1.29, 1.82) is 0 Å². The largest absolute Gasteiger partial charge is 1.00 e. The Kier molecular flexibility index (Phi) is 7.68. The van der Waals surface area contributed by atoms with Crippen LogP contribution in [0.5, 0.6) is 0 Å². The van der Waals surface area contributed by atoms with Crippen LogP contribution >= 0.6 is 15.9 Å². The van der Waals surface area contributed by atoms with Crippen molar-refractivity contribution >= 4 is 33.4 Å². The van der Waals surface area contributed by atoms with E-state index in [0.717, 1.165) is 6.07 Å². The topological polar surface area (TPSA) is 66.4 Å². The molecule has 1 rings (SSSR count). The van der Waals surface area contributed by atoms with Gasteiger partial charge in [0.1, 0.15) is 5.82 Å². The molecule has 1 aromatic carbocycles. The summed E-state index contributed by atoms with van der Waals surface area (Å²) in [6, 6.07) is 3.49. The van der Waals surface area contributed by atoms with Gasteiger partial charge in [0.15, 0.2) is 0 Å². The predicted molar refractivity (Wildman–Crippen MR) is 63.7 cm³/mol. The summed E-state index contributed by atoms with van der Waals surface area (Å²) < 4.78 is 17.8. The van der Waals surface area contributed by atoms with E-state index in [9.17, 15) is 19.1 Å². The molecule has 0 N–H and O–H groups in total. The van der Waals surface area contributed by atoms with Crippen LogP contribution in [0.4, 0.5) is 4.39 Å². The first-order valence-electron chi connectivity index (χ1n) is 5.00. The van der Waals surface area contributed by atoms with Gasteiger partial charge in [-0.3, -0.25) is 4.79 Å². The number of halogens is 2. The summed E-state index contributed by atoms with van der Waals surface area (Å²) in [7, 11) is 0. The van der Waals surface area contributed by atoms with Crippen LogP contribution in [0.1, 0.15) is 12.5 Å². The number of ketones is 1. The summed E-state index contributed by atoms with van der Waals surface area (Å²) in [6.07, 6.45) is 0.583. The van der Waals surface area contributed by atoms with Gasteiger partial charge in [-0.1, -0.05) is 21.7 Å². The molecule has 0 aliphatic rings. The minimum Gasteiger partial charge on any atom is -0.872 e. The Morgan fingerprint density at radius 1 is 1.42 bits per heavy atom. The molecule has 0 aliphatic carbocycles. The molecular weight excluding hydrogens is 314 g/mol. The summed E-state index contributed by atoms with van der Waals surface area (Å²) in [5, 5.41) is 11.6. The van der Waals surface area contributed by atoms with Crippen molar-refractivity contribution in [2.24, 2.45) is 0 Å². The molecule has 0 bridgehead atoms. The Morgan fingerprint density at radius 3 is 2.58 bits per heavy atom. The van der Waals surface area contributed by atoms with Crippen LogP contribution in [-0.4, -0.2) is 18.4 Å². The van der Waals surface area contributed by atoms with Crippen molar-refractivity contribution in [2.75, 3.05) is 6.61 Å². The first-order chi connectivity index (χ1) is 8.43. The molecule has 0 amide bonds. The van der Waals surface area contributed by atoms with Crippen LogP contribution in [0, 0.1) is 5.82 Å². The van der Waals surface area contributed by atoms with E-state index in [0.29, 0.717) is 10.5 Å². The van der Waals surface area contributed by atoms with Crippen molar-refractivity contribution in [1.82, 2.24) is 0 Å². The fourth-order valence-electron chi connectivity index (χ4n) is 1.16. The number of esters is 1. The van der Waals surface area contributed by atoms with Crippen molar-refractivity contribution in [3.05, 3.63) is 40.1 Å². The van der Waals surface area contributed by atoms with Crippen molar-refractivity contribution in [3.8, 4) is 0 Å². The molecule has 0 saturated carbocycles. The standard InChI is InChI=1S/C12H10BrFO4.Li/c1-2-18-12(17)11(16)6-10(15)7-3-8(13)5-9(14)4-7;/h3-6,15H,2H2,1H3;/q;+1/p-1. The normalized spacial score (nSPS) is 10.6. The molecule has 0 aliphatic heterocycles. The molecule has 0 radical (unpaired) electrons. The van der Waals surface area contributed by atoms with Crippen LogP contribution < -0.4 is 24.0 Å². The van der Waals surface area contributed by atoms with E-state index in [1.54, 1.807) is 0 Å². The van der Waals surface area contributed by atoms with E-state index in [-0.39, 0.29) is 31.0 Å². The van der Waals surface area contributed by atoms with Gasteiger partial charge in [0, 0.05) is 4.47 Å². The van der Waals surface area contributed by atoms with Crippen molar-refractivity contribution < 1.29 is 42.7 Å². The molecule has 7 heteroatoms. The van der Waals surface area contributed by atoms with Gasteiger partial charge in [0.05, 0.1) is 6.61 Å². The Labute approximate surface area is 129 Å². The van der Waals surface area contributed by atoms with Gasteiger partial charge in [-0.05, 0) is 36.8 Å². The van der Waals surface area contributed by atoms with Crippen LogP contribution in [0.25, 0.3) is 5.76 Å². The maximum absolute atomic E-state index is 13.0. The number of ether oxygens (including phenoxy) is 1. The molecule has 0 aromatic heterocycles. The number of carbonyl (C=O) groups excluding carboxylic acids is 2. The van der Waals surface area contributed by atoms with Gasteiger partial charge in [0.25, 0.3) is 5.78 Å². The van der Waals surface area contributed by atoms with Gasteiger partial charge in [-0.25, -0.2) is 9.18 Å². The molecule has 0 spiro atoms. The maximum atomic E-state index is 13.0. The van der Waals surface area contributed by atoms with Crippen LogP contribution in [0.15, 0.2) is 28.7 Å². The second kappa shape index (κ2) is 8.15. The summed E-state index contributed by atoms with van der Waals surface area (Å²) in [5.41, 5.74) is -0.0282. The third-order valence-corrected chi connectivity index (χ3v) is 2.34. The fraction of sp³-hybridized carbons (Fsp3) is 0.167. The Balaban J connectivity index is 0.00000324. The minimum atomic E-state index is -1.11. The van der Waals surface area contributed by atoms with E-state index in [1.165, 1.54) is 19.1 Å². The fourth-order valence-corrected chi connectivity index (χ4v) is 1.62. The van der Waals surface area contributed by atoms with Crippen LogP contribution in [0.2, 0.25) is 0 Å². The third kappa shape index (κ3) is 5.60. The van der Waals surface area contributed by atoms with Crippen molar-refractivity contribution in [2.45, 2.75) is 6.92 Å². The zero-order chi connectivity index (χ0) is 13.7. The van der Waals surface area contributed by atoms with E-state index in [1.807, 2.05) is 0 Å². The first kappa shape index (κ1) is 17.9. The first-order valence-corrected chi connectivity index (χ1v) is 5.79. The van der Waals surface area contributed by atoms with E-state index < -0.39 is 23.3 Å². The number of hydrogen-bond donors (Lipinski definition) is 0. The Bertz CT molecular complexity index is 496. The van der Waals surface area contributed by atoms with Gasteiger partial charge in [0.2, 0.25) is 0 Å². The monoisotopic (exact) mass is 322 g/mol. The molecule has 0 unspecified atom stereocenters. The zero-order valence-corrected chi connectivity index (χ0v) is 12.0. The predicted octanol–water partition coefficient (Wildman–Crippen LogP) is -1.57. The second-order valence-corrected chi connectivity index (χ2v) is 4.17.